The van der Waals surface area contributed by atoms with E-state index in [4.69, 9.17) is 21.1 Å². The maximum Gasteiger partial charge on any atom is 0.164 e. The van der Waals surface area contributed by atoms with E-state index in [9.17, 15) is 4.79 Å². The normalized spacial score (nSPS) is 9.80. The molecular weight excluding hydrogens is 216 g/mol. The first kappa shape index (κ1) is 11.9. The summed E-state index contributed by atoms with van der Waals surface area (Å²) in [5.74, 6) is 1.51. The third-order valence-corrected chi connectivity index (χ3v) is 2.18. The first-order valence-corrected chi connectivity index (χ1v) is 5.07. The van der Waals surface area contributed by atoms with Crippen LogP contribution in [0.2, 0.25) is 0 Å². The van der Waals surface area contributed by atoms with E-state index in [-0.39, 0.29) is 5.78 Å². The Balaban J connectivity index is 3.01. The Kier molecular flexibility index (Phi) is 4.43. The van der Waals surface area contributed by atoms with Crippen LogP contribution >= 0.6 is 11.6 Å². The molecule has 0 aliphatic carbocycles. The number of hydrogen-bond donors (Lipinski definition) is 0. The van der Waals surface area contributed by atoms with E-state index in [0.717, 1.165) is 0 Å². The highest BCUT2D eigenvalue weighted by atomic mass is 35.5. The van der Waals surface area contributed by atoms with Gasteiger partial charge in [-0.25, -0.2) is 0 Å². The molecule has 0 aliphatic heterocycles. The fourth-order valence-electron chi connectivity index (χ4n) is 1.20. The van der Waals surface area contributed by atoms with Gasteiger partial charge in [-0.15, -0.1) is 11.6 Å². The molecule has 0 radical (unpaired) electrons. The van der Waals surface area contributed by atoms with Gasteiger partial charge in [0.2, 0.25) is 0 Å². The molecule has 0 spiro atoms. The van der Waals surface area contributed by atoms with Gasteiger partial charge in [-0.2, -0.15) is 0 Å². The van der Waals surface area contributed by atoms with Crippen LogP contribution in [-0.2, 0) is 0 Å². The van der Waals surface area contributed by atoms with Gasteiger partial charge in [0.15, 0.2) is 5.78 Å². The maximum atomic E-state index is 11.6. The summed E-state index contributed by atoms with van der Waals surface area (Å²) in [6.07, 6.45) is 0.317. The first-order valence-electron chi connectivity index (χ1n) is 4.53. The number of carbonyl (C=O) groups is 1. The molecule has 1 rings (SSSR count). The SMILES string of the molecule is COc1cc(OC)cc(C(=O)CCCl)c1. The molecule has 0 N–H and O–H groups in total. The van der Waals surface area contributed by atoms with E-state index < -0.39 is 0 Å². The van der Waals surface area contributed by atoms with Crippen LogP contribution in [-0.4, -0.2) is 25.9 Å². The van der Waals surface area contributed by atoms with Gasteiger partial charge in [0.05, 0.1) is 14.2 Å². The van der Waals surface area contributed by atoms with Crippen LogP contribution in [0.4, 0.5) is 0 Å². The molecule has 0 saturated carbocycles. The predicted molar refractivity (Wildman–Crippen MR) is 59.2 cm³/mol. The van der Waals surface area contributed by atoms with E-state index in [2.05, 4.69) is 0 Å². The lowest BCUT2D eigenvalue weighted by atomic mass is 10.1. The zero-order chi connectivity index (χ0) is 11.3. The number of rotatable bonds is 5. The molecule has 0 saturated heterocycles. The minimum absolute atomic E-state index is 0.0119. The summed E-state index contributed by atoms with van der Waals surface area (Å²) in [7, 11) is 3.09. The van der Waals surface area contributed by atoms with Gasteiger partial charge >= 0.3 is 0 Å². The summed E-state index contributed by atoms with van der Waals surface area (Å²) in [5.41, 5.74) is 0.562. The summed E-state index contributed by atoms with van der Waals surface area (Å²) >= 11 is 5.51. The minimum atomic E-state index is -0.0119. The van der Waals surface area contributed by atoms with E-state index in [1.807, 2.05) is 0 Å². The average Bonchev–Trinajstić information content (AvgIpc) is 2.28. The molecule has 0 unspecified atom stereocenters. The van der Waals surface area contributed by atoms with Crippen LogP contribution < -0.4 is 9.47 Å². The number of methoxy groups -OCH3 is 2. The Morgan fingerprint density at radius 2 is 1.73 bits per heavy atom. The molecule has 1 aromatic rings. The summed E-state index contributed by atoms with van der Waals surface area (Å²) < 4.78 is 10.1. The smallest absolute Gasteiger partial charge is 0.164 e. The van der Waals surface area contributed by atoms with E-state index in [0.29, 0.717) is 29.4 Å². The van der Waals surface area contributed by atoms with Crippen molar-refractivity contribution in [1.82, 2.24) is 0 Å². The molecule has 0 atom stereocenters. The summed E-state index contributed by atoms with van der Waals surface area (Å²) in [5, 5.41) is 0. The van der Waals surface area contributed by atoms with Gasteiger partial charge < -0.3 is 9.47 Å². The van der Waals surface area contributed by atoms with Crippen LogP contribution in [0.15, 0.2) is 18.2 Å². The third kappa shape index (κ3) is 3.13. The molecule has 1 aromatic carbocycles. The first-order chi connectivity index (χ1) is 7.21. The number of benzene rings is 1. The summed E-state index contributed by atoms with van der Waals surface area (Å²) in [4.78, 5) is 11.6. The number of ketones is 1. The van der Waals surface area contributed by atoms with Crippen LogP contribution in [0.3, 0.4) is 0 Å². The molecule has 4 heteroatoms. The van der Waals surface area contributed by atoms with Crippen LogP contribution in [0.5, 0.6) is 11.5 Å². The Labute approximate surface area is 93.9 Å². The second-order valence-corrected chi connectivity index (χ2v) is 3.34. The molecule has 0 aromatic heterocycles. The number of ether oxygens (including phenoxy) is 2. The van der Waals surface area contributed by atoms with Crippen molar-refractivity contribution in [2.75, 3.05) is 20.1 Å². The molecule has 0 bridgehead atoms. The zero-order valence-electron chi connectivity index (χ0n) is 8.75. The van der Waals surface area contributed by atoms with E-state index >= 15 is 0 Å². The molecule has 82 valence electrons. The van der Waals surface area contributed by atoms with Gasteiger partial charge in [0.25, 0.3) is 0 Å². The number of halogens is 1. The molecule has 3 nitrogen and oxygen atoms in total. The number of Topliss-reactive ketones (excluding diaryl/α,β-unsaturated/α-hetero) is 1. The third-order valence-electron chi connectivity index (χ3n) is 1.99. The highest BCUT2D eigenvalue weighted by molar-refractivity contribution is 6.19. The minimum Gasteiger partial charge on any atom is -0.497 e. The second-order valence-electron chi connectivity index (χ2n) is 2.96. The van der Waals surface area contributed by atoms with Crippen molar-refractivity contribution in [3.05, 3.63) is 23.8 Å². The van der Waals surface area contributed by atoms with Gasteiger partial charge in [-0.3, -0.25) is 4.79 Å². The van der Waals surface area contributed by atoms with Crippen LogP contribution in [0.25, 0.3) is 0 Å². The second kappa shape index (κ2) is 5.61. The predicted octanol–water partition coefficient (Wildman–Crippen LogP) is 2.52. The van der Waals surface area contributed by atoms with Gasteiger partial charge in [-0.1, -0.05) is 0 Å². The zero-order valence-corrected chi connectivity index (χ0v) is 9.50. The standard InChI is InChI=1S/C11H13ClO3/c1-14-9-5-8(11(13)3-4-12)6-10(7-9)15-2/h5-7H,3-4H2,1-2H3. The lowest BCUT2D eigenvalue weighted by Crippen LogP contribution is -2.01. The Hall–Kier alpha value is -1.22. The quantitative estimate of drug-likeness (QED) is 0.574. The largest absolute Gasteiger partial charge is 0.497 e. The fourth-order valence-corrected chi connectivity index (χ4v) is 1.37. The Bertz CT molecular complexity index is 327. The molecule has 0 amide bonds. The van der Waals surface area contributed by atoms with Crippen molar-refractivity contribution in [2.45, 2.75) is 6.42 Å². The van der Waals surface area contributed by atoms with Crippen molar-refractivity contribution in [1.29, 1.82) is 0 Å². The summed E-state index contributed by atoms with van der Waals surface area (Å²) in [6.45, 7) is 0. The van der Waals surface area contributed by atoms with Gasteiger partial charge in [-0.05, 0) is 12.1 Å². The van der Waals surface area contributed by atoms with Crippen molar-refractivity contribution in [3.63, 3.8) is 0 Å². The fraction of sp³-hybridized carbons (Fsp3) is 0.364. The van der Waals surface area contributed by atoms with Crippen molar-refractivity contribution in [3.8, 4) is 11.5 Å². The Morgan fingerprint density at radius 1 is 1.20 bits per heavy atom. The maximum absolute atomic E-state index is 11.6. The summed E-state index contributed by atoms with van der Waals surface area (Å²) in [6, 6.07) is 5.08. The van der Waals surface area contributed by atoms with E-state index in [1.165, 1.54) is 0 Å². The number of hydrogen-bond acceptors (Lipinski definition) is 3. The van der Waals surface area contributed by atoms with Crippen molar-refractivity contribution >= 4 is 17.4 Å². The van der Waals surface area contributed by atoms with Crippen LogP contribution in [0.1, 0.15) is 16.8 Å². The van der Waals surface area contributed by atoms with Crippen molar-refractivity contribution in [2.24, 2.45) is 0 Å². The number of alkyl halides is 1. The molecule has 0 aliphatic rings. The van der Waals surface area contributed by atoms with E-state index in [1.54, 1.807) is 32.4 Å². The highest BCUT2D eigenvalue weighted by Crippen LogP contribution is 2.23. The lowest BCUT2D eigenvalue weighted by Gasteiger charge is -2.07. The topological polar surface area (TPSA) is 35.5 Å². The highest BCUT2D eigenvalue weighted by Gasteiger charge is 2.08. The molecule has 0 fully saturated rings. The lowest BCUT2D eigenvalue weighted by molar-refractivity contribution is 0.0988. The van der Waals surface area contributed by atoms with Crippen LogP contribution in [0, 0.1) is 0 Å². The monoisotopic (exact) mass is 228 g/mol. The molecular formula is C11H13ClO3. The molecule has 0 heterocycles. The Morgan fingerprint density at radius 3 is 2.13 bits per heavy atom. The van der Waals surface area contributed by atoms with Gasteiger partial charge in [0.1, 0.15) is 11.5 Å². The van der Waals surface area contributed by atoms with Crippen molar-refractivity contribution < 1.29 is 14.3 Å². The number of carbonyl (C=O) groups excluding carboxylic acids is 1. The average molecular weight is 229 g/mol. The molecule has 15 heavy (non-hydrogen) atoms. The van der Waals surface area contributed by atoms with Gasteiger partial charge in [0, 0.05) is 23.9 Å².